The van der Waals surface area contributed by atoms with Crippen LogP contribution in [0.25, 0.3) is 11.1 Å². The first-order valence-electron chi connectivity index (χ1n) is 11.1. The van der Waals surface area contributed by atoms with Crippen molar-refractivity contribution in [3.8, 4) is 11.1 Å². The van der Waals surface area contributed by atoms with Crippen LogP contribution in [0.1, 0.15) is 46.3 Å². The maximum atomic E-state index is 12.5. The van der Waals surface area contributed by atoms with Crippen molar-refractivity contribution in [1.29, 1.82) is 0 Å². The molecule has 0 heterocycles. The summed E-state index contributed by atoms with van der Waals surface area (Å²) in [5, 5.41) is 14.2. The molecule has 0 fully saturated rings. The third-order valence-corrected chi connectivity index (χ3v) is 5.93. The summed E-state index contributed by atoms with van der Waals surface area (Å²) < 4.78 is 5.58. The number of anilines is 1. The maximum absolute atomic E-state index is 12.5. The molecule has 1 atom stereocenters. The molecule has 4 rings (SSSR count). The largest absolute Gasteiger partial charge is 0.481 e. The Balaban J connectivity index is 1.38. The van der Waals surface area contributed by atoms with Crippen molar-refractivity contribution >= 4 is 23.7 Å². The Kier molecular flexibility index (Phi) is 6.63. The van der Waals surface area contributed by atoms with Crippen LogP contribution >= 0.6 is 0 Å². The quantitative estimate of drug-likeness (QED) is 0.465. The van der Waals surface area contributed by atoms with Crippen molar-refractivity contribution in [3.63, 3.8) is 0 Å². The van der Waals surface area contributed by atoms with E-state index in [2.05, 4.69) is 34.9 Å². The van der Waals surface area contributed by atoms with E-state index in [1.807, 2.05) is 24.3 Å². The number of fused-ring (bicyclic) bond motifs is 3. The van der Waals surface area contributed by atoms with Gasteiger partial charge in [0, 0.05) is 23.2 Å². The first-order valence-corrected chi connectivity index (χ1v) is 11.1. The lowest BCUT2D eigenvalue weighted by Gasteiger charge is -2.16. The van der Waals surface area contributed by atoms with Crippen LogP contribution in [-0.2, 0) is 9.53 Å². The Morgan fingerprint density at radius 3 is 2.18 bits per heavy atom. The first-order chi connectivity index (χ1) is 16.3. The monoisotopic (exact) mass is 458 g/mol. The number of carboxylic acids is 1. The zero-order valence-electron chi connectivity index (χ0n) is 19.0. The maximum Gasteiger partial charge on any atom is 0.411 e. The number of rotatable bonds is 7. The van der Waals surface area contributed by atoms with Crippen LogP contribution < -0.4 is 10.6 Å². The molecule has 174 valence electrons. The molecule has 2 amide bonds. The van der Waals surface area contributed by atoms with Gasteiger partial charge in [0.05, 0.1) is 6.42 Å². The Morgan fingerprint density at radius 1 is 0.971 bits per heavy atom. The van der Waals surface area contributed by atoms with Crippen LogP contribution in [-0.4, -0.2) is 35.7 Å². The summed E-state index contributed by atoms with van der Waals surface area (Å²) in [6.45, 7) is 3.61. The van der Waals surface area contributed by atoms with E-state index in [0.717, 1.165) is 22.3 Å². The van der Waals surface area contributed by atoms with Gasteiger partial charge in [-0.2, -0.15) is 0 Å². The number of carbonyl (C=O) groups excluding carboxylic acids is 2. The molecule has 0 aliphatic heterocycles. The molecule has 7 nitrogen and oxygen atoms in total. The van der Waals surface area contributed by atoms with Crippen LogP contribution in [0.3, 0.4) is 0 Å². The Morgan fingerprint density at radius 2 is 1.59 bits per heavy atom. The van der Waals surface area contributed by atoms with E-state index < -0.39 is 18.1 Å². The van der Waals surface area contributed by atoms with Crippen LogP contribution in [0, 0.1) is 6.92 Å². The molecule has 34 heavy (non-hydrogen) atoms. The third kappa shape index (κ3) is 4.93. The molecule has 3 aromatic rings. The van der Waals surface area contributed by atoms with E-state index in [4.69, 9.17) is 9.84 Å². The summed E-state index contributed by atoms with van der Waals surface area (Å²) in [5.74, 6) is -1.38. The van der Waals surface area contributed by atoms with Gasteiger partial charge in [-0.15, -0.1) is 0 Å². The van der Waals surface area contributed by atoms with E-state index in [1.165, 1.54) is 0 Å². The molecule has 0 spiro atoms. The topological polar surface area (TPSA) is 105 Å². The van der Waals surface area contributed by atoms with Gasteiger partial charge in [-0.25, -0.2) is 4.79 Å². The number of amides is 2. The van der Waals surface area contributed by atoms with Crippen molar-refractivity contribution in [2.75, 3.05) is 11.9 Å². The Labute approximate surface area is 197 Å². The van der Waals surface area contributed by atoms with Crippen LogP contribution in [0.5, 0.6) is 0 Å². The van der Waals surface area contributed by atoms with Crippen molar-refractivity contribution < 1.29 is 24.2 Å². The predicted molar refractivity (Wildman–Crippen MR) is 129 cm³/mol. The number of nitrogens with one attached hydrogen (secondary N) is 2. The summed E-state index contributed by atoms with van der Waals surface area (Å²) in [6, 6.07) is 20.6. The summed E-state index contributed by atoms with van der Waals surface area (Å²) >= 11 is 0. The number of carbonyl (C=O) groups is 3. The van der Waals surface area contributed by atoms with E-state index in [1.54, 1.807) is 32.0 Å². The predicted octanol–water partition coefficient (Wildman–Crippen LogP) is 4.95. The van der Waals surface area contributed by atoms with Crippen LogP contribution in [0.4, 0.5) is 10.5 Å². The number of aryl methyl sites for hydroxylation is 1. The fraction of sp³-hybridized carbons (Fsp3) is 0.222. The van der Waals surface area contributed by atoms with Gasteiger partial charge < -0.3 is 15.2 Å². The number of hydrogen-bond donors (Lipinski definition) is 3. The fourth-order valence-corrected chi connectivity index (χ4v) is 4.31. The molecule has 3 aromatic carbocycles. The minimum Gasteiger partial charge on any atom is -0.481 e. The second-order valence-corrected chi connectivity index (χ2v) is 8.45. The third-order valence-electron chi connectivity index (χ3n) is 5.93. The van der Waals surface area contributed by atoms with E-state index in [0.29, 0.717) is 16.8 Å². The lowest BCUT2D eigenvalue weighted by Crippen LogP contribution is -2.34. The van der Waals surface area contributed by atoms with Crippen LogP contribution in [0.2, 0.25) is 0 Å². The van der Waals surface area contributed by atoms with Gasteiger partial charge in [0.2, 0.25) is 0 Å². The first kappa shape index (κ1) is 23.0. The smallest absolute Gasteiger partial charge is 0.411 e. The molecule has 0 bridgehead atoms. The number of carboxylic acid groups (broad SMARTS) is 1. The molecule has 7 heteroatoms. The molecule has 1 aliphatic rings. The zero-order valence-corrected chi connectivity index (χ0v) is 19.0. The van der Waals surface area contributed by atoms with Gasteiger partial charge in [0.25, 0.3) is 5.91 Å². The molecule has 1 unspecified atom stereocenters. The number of aliphatic carboxylic acids is 1. The standard InChI is InChI=1S/C27H26N2O5/c1-16-13-18(26(32)28-17(2)14-25(30)31)11-12-24(16)29-27(33)34-15-23-21-9-5-3-7-19(21)20-8-4-6-10-22(20)23/h3-13,17,23H,14-15H2,1-2H3,(H,28,32)(H,29,33)(H,30,31). The Hall–Kier alpha value is -4.13. The highest BCUT2D eigenvalue weighted by Gasteiger charge is 2.29. The fourth-order valence-electron chi connectivity index (χ4n) is 4.31. The molecule has 0 saturated heterocycles. The minimum absolute atomic E-state index is 0.0295. The zero-order chi connectivity index (χ0) is 24.2. The van der Waals surface area contributed by atoms with Crippen molar-refractivity contribution in [2.24, 2.45) is 0 Å². The van der Waals surface area contributed by atoms with Gasteiger partial charge in [-0.3, -0.25) is 14.9 Å². The van der Waals surface area contributed by atoms with Gasteiger partial charge in [-0.1, -0.05) is 48.5 Å². The molecular formula is C27H26N2O5. The highest BCUT2D eigenvalue weighted by atomic mass is 16.5. The molecule has 0 aromatic heterocycles. The molecule has 0 saturated carbocycles. The second-order valence-electron chi connectivity index (χ2n) is 8.45. The van der Waals surface area contributed by atoms with Crippen molar-refractivity contribution in [1.82, 2.24) is 5.32 Å². The lowest BCUT2D eigenvalue weighted by atomic mass is 9.98. The number of benzene rings is 3. The van der Waals surface area contributed by atoms with Crippen molar-refractivity contribution in [2.45, 2.75) is 32.2 Å². The summed E-state index contributed by atoms with van der Waals surface area (Å²) in [4.78, 5) is 35.7. The normalized spacial score (nSPS) is 12.9. The van der Waals surface area contributed by atoms with Gasteiger partial charge in [0.1, 0.15) is 6.61 Å². The molecular weight excluding hydrogens is 432 g/mol. The molecule has 0 radical (unpaired) electrons. The van der Waals surface area contributed by atoms with Crippen molar-refractivity contribution in [3.05, 3.63) is 89.0 Å². The van der Waals surface area contributed by atoms with Crippen LogP contribution in [0.15, 0.2) is 66.7 Å². The highest BCUT2D eigenvalue weighted by molar-refractivity contribution is 5.96. The van der Waals surface area contributed by atoms with Gasteiger partial charge in [-0.05, 0) is 59.9 Å². The summed E-state index contributed by atoms with van der Waals surface area (Å²) in [5.41, 5.74) is 6.21. The summed E-state index contributed by atoms with van der Waals surface area (Å²) in [6.07, 6.45) is -0.733. The minimum atomic E-state index is -0.980. The molecule has 3 N–H and O–H groups in total. The SMILES string of the molecule is Cc1cc(C(=O)NC(C)CC(=O)O)ccc1NC(=O)OCC1c2ccccc2-c2ccccc21. The van der Waals surface area contributed by atoms with E-state index in [-0.39, 0.29) is 24.9 Å². The number of hydrogen-bond acceptors (Lipinski definition) is 4. The average Bonchev–Trinajstić information content (AvgIpc) is 3.12. The van der Waals surface area contributed by atoms with Gasteiger partial charge >= 0.3 is 12.1 Å². The van der Waals surface area contributed by atoms with E-state index >= 15 is 0 Å². The average molecular weight is 459 g/mol. The van der Waals surface area contributed by atoms with E-state index in [9.17, 15) is 14.4 Å². The molecule has 1 aliphatic carbocycles. The number of ether oxygens (including phenoxy) is 1. The summed E-state index contributed by atoms with van der Waals surface area (Å²) in [7, 11) is 0. The second kappa shape index (κ2) is 9.79. The Bertz CT molecular complexity index is 1210. The lowest BCUT2D eigenvalue weighted by molar-refractivity contribution is -0.137. The van der Waals surface area contributed by atoms with Gasteiger partial charge in [0.15, 0.2) is 0 Å². The highest BCUT2D eigenvalue weighted by Crippen LogP contribution is 2.44.